The first-order chi connectivity index (χ1) is 14.7. The van der Waals surface area contributed by atoms with Crippen molar-refractivity contribution in [2.45, 2.75) is 46.5 Å². The van der Waals surface area contributed by atoms with E-state index in [0.29, 0.717) is 5.92 Å². The van der Waals surface area contributed by atoms with Crippen LogP contribution in [0.25, 0.3) is 0 Å². The zero-order valence-corrected chi connectivity index (χ0v) is 20.8. The highest BCUT2D eigenvalue weighted by atomic mass is 35.5. The molecule has 0 saturated carbocycles. The Kier molecular flexibility index (Phi) is 10.1. The average molecular weight is 461 g/mol. The summed E-state index contributed by atoms with van der Waals surface area (Å²) in [7, 11) is 0. The van der Waals surface area contributed by atoms with Crippen molar-refractivity contribution in [3.63, 3.8) is 0 Å². The van der Waals surface area contributed by atoms with Crippen molar-refractivity contribution >= 4 is 29.1 Å². The molecule has 2 atom stereocenters. The van der Waals surface area contributed by atoms with Crippen molar-refractivity contribution in [2.24, 2.45) is 11.3 Å². The number of nitrogens with zero attached hydrogens (tertiary/aromatic N) is 1. The highest BCUT2D eigenvalue weighted by Crippen LogP contribution is 2.41. The monoisotopic (exact) mass is 460 g/mol. The van der Waals surface area contributed by atoms with E-state index in [1.54, 1.807) is 0 Å². The molecule has 4 heteroatoms. The van der Waals surface area contributed by atoms with Crippen molar-refractivity contribution < 1.29 is 9.31 Å². The second kappa shape index (κ2) is 12.3. The summed E-state index contributed by atoms with van der Waals surface area (Å²) >= 11 is 11.7. The number of allylic oxidation sites excluding steroid dienone is 1. The van der Waals surface area contributed by atoms with E-state index in [9.17, 15) is 0 Å². The molecule has 0 fully saturated rings. The van der Waals surface area contributed by atoms with E-state index < -0.39 is 0 Å². The van der Waals surface area contributed by atoms with Crippen LogP contribution in [0.2, 0.25) is 10.0 Å². The van der Waals surface area contributed by atoms with Gasteiger partial charge in [0, 0.05) is 16.0 Å². The molecule has 2 aromatic carbocycles. The van der Waals surface area contributed by atoms with Crippen LogP contribution in [0.1, 0.15) is 52.0 Å². The van der Waals surface area contributed by atoms with E-state index in [2.05, 4.69) is 51.0 Å². The molecule has 0 bridgehead atoms. The van der Waals surface area contributed by atoms with Crippen LogP contribution in [-0.4, -0.2) is 30.2 Å². The maximum Gasteiger partial charge on any atom is 0.343 e. The summed E-state index contributed by atoms with van der Waals surface area (Å²) in [6, 6.07) is 17.7. The standard InChI is InChI=1S/C17H21ClNO.C6H5Cl.C4H10/c1-3-7-17(2)11-14(12-19-8-9-20-16(17)19)13-5-4-6-15(18)10-13;7-6-4-2-1-3-5-6;1-4(2)3/h3-6,10,14H,1,7-9,11-12H2,2H3;1-5H;4H,1-3H3/q+1;;/t14-,17-;;/m0../s1. The number of benzene rings is 2. The molecule has 0 spiro atoms. The lowest BCUT2D eigenvalue weighted by Gasteiger charge is -2.32. The maximum atomic E-state index is 6.15. The van der Waals surface area contributed by atoms with Crippen LogP contribution in [0.5, 0.6) is 0 Å². The normalized spacial score (nSPS) is 21.8. The lowest BCUT2D eigenvalue weighted by molar-refractivity contribution is -0.531. The lowest BCUT2D eigenvalue weighted by Crippen LogP contribution is -2.41. The quantitative estimate of drug-likeness (QED) is 0.335. The predicted octanol–water partition coefficient (Wildman–Crippen LogP) is 7.85. The van der Waals surface area contributed by atoms with E-state index in [0.717, 1.165) is 54.4 Å². The lowest BCUT2D eigenvalue weighted by atomic mass is 9.73. The Morgan fingerprint density at radius 2 is 1.74 bits per heavy atom. The SMILES string of the molecule is C=CC[C@@]1(C)C[C@H](c2cccc(Cl)c2)C[N+]2=C1OCC2.CC(C)C.Clc1ccccc1. The molecule has 0 N–H and O–H groups in total. The van der Waals surface area contributed by atoms with E-state index in [-0.39, 0.29) is 5.41 Å². The summed E-state index contributed by atoms with van der Waals surface area (Å²) in [6.07, 6.45) is 4.05. The maximum absolute atomic E-state index is 6.15. The van der Waals surface area contributed by atoms with Gasteiger partial charge in [0.05, 0.1) is 5.41 Å². The van der Waals surface area contributed by atoms with E-state index in [1.807, 2.05) is 48.5 Å². The third-order valence-electron chi connectivity index (χ3n) is 5.19. The number of halogens is 2. The minimum Gasteiger partial charge on any atom is -0.441 e. The molecule has 4 rings (SSSR count). The molecule has 0 aromatic heterocycles. The van der Waals surface area contributed by atoms with Crippen molar-refractivity contribution in [2.75, 3.05) is 19.7 Å². The van der Waals surface area contributed by atoms with Gasteiger partial charge in [-0.1, -0.05) is 80.4 Å². The summed E-state index contributed by atoms with van der Waals surface area (Å²) < 4.78 is 8.30. The van der Waals surface area contributed by atoms with Gasteiger partial charge in [-0.2, -0.15) is 4.58 Å². The summed E-state index contributed by atoms with van der Waals surface area (Å²) in [4.78, 5) is 0. The highest BCUT2D eigenvalue weighted by molar-refractivity contribution is 6.30. The van der Waals surface area contributed by atoms with E-state index in [1.165, 1.54) is 5.56 Å². The topological polar surface area (TPSA) is 12.2 Å². The Morgan fingerprint density at radius 3 is 2.29 bits per heavy atom. The fraction of sp³-hybridized carbons (Fsp3) is 0.444. The van der Waals surface area contributed by atoms with Gasteiger partial charge in [0.15, 0.2) is 19.7 Å². The van der Waals surface area contributed by atoms with Crippen molar-refractivity contribution in [1.29, 1.82) is 0 Å². The minimum atomic E-state index is 0.0590. The van der Waals surface area contributed by atoms with Crippen LogP contribution >= 0.6 is 23.2 Å². The fourth-order valence-electron chi connectivity index (χ4n) is 4.02. The Morgan fingerprint density at radius 1 is 1.10 bits per heavy atom. The molecular weight excluding hydrogens is 425 g/mol. The zero-order valence-electron chi connectivity index (χ0n) is 19.3. The fourth-order valence-corrected chi connectivity index (χ4v) is 4.37. The Balaban J connectivity index is 0.000000256. The Hall–Kier alpha value is -1.77. The smallest absolute Gasteiger partial charge is 0.343 e. The van der Waals surface area contributed by atoms with Crippen molar-refractivity contribution in [3.8, 4) is 0 Å². The molecule has 0 aliphatic carbocycles. The van der Waals surface area contributed by atoms with E-state index >= 15 is 0 Å². The highest BCUT2D eigenvalue weighted by Gasteiger charge is 2.48. The zero-order chi connectivity index (χ0) is 22.9. The van der Waals surface area contributed by atoms with Gasteiger partial charge in [0.2, 0.25) is 0 Å². The van der Waals surface area contributed by atoms with Crippen molar-refractivity contribution in [3.05, 3.63) is 82.9 Å². The van der Waals surface area contributed by atoms with Gasteiger partial charge in [-0.15, -0.1) is 6.58 Å². The second-order valence-corrected chi connectivity index (χ2v) is 10.0. The van der Waals surface area contributed by atoms with Gasteiger partial charge >= 0.3 is 5.90 Å². The number of hydrogen-bond donors (Lipinski definition) is 0. The number of rotatable bonds is 3. The Bertz CT molecular complexity index is 860. The average Bonchev–Trinajstić information content (AvgIpc) is 3.19. The van der Waals surface area contributed by atoms with Crippen LogP contribution in [0.4, 0.5) is 0 Å². The molecule has 0 saturated heterocycles. The van der Waals surface area contributed by atoms with Gasteiger partial charge in [0.1, 0.15) is 0 Å². The molecule has 0 radical (unpaired) electrons. The van der Waals surface area contributed by atoms with Crippen molar-refractivity contribution in [1.82, 2.24) is 0 Å². The number of hydrogen-bond acceptors (Lipinski definition) is 1. The summed E-state index contributed by atoms with van der Waals surface area (Å²) in [5, 5.41) is 1.61. The third-order valence-corrected chi connectivity index (χ3v) is 5.68. The molecule has 2 aliphatic rings. The van der Waals surface area contributed by atoms with Crippen LogP contribution in [0.3, 0.4) is 0 Å². The molecule has 31 heavy (non-hydrogen) atoms. The third kappa shape index (κ3) is 8.01. The number of ether oxygens (including phenoxy) is 1. The van der Waals surface area contributed by atoms with Gasteiger partial charge in [-0.05, 0) is 55.5 Å². The first-order valence-electron chi connectivity index (χ1n) is 11.1. The van der Waals surface area contributed by atoms with Crippen LogP contribution < -0.4 is 0 Å². The molecule has 2 aliphatic heterocycles. The Labute approximate surface area is 198 Å². The molecule has 0 unspecified atom stereocenters. The molecule has 168 valence electrons. The summed E-state index contributed by atoms with van der Waals surface area (Å²) in [5.74, 6) is 2.50. The predicted molar refractivity (Wildman–Crippen MR) is 135 cm³/mol. The molecule has 2 heterocycles. The first kappa shape index (κ1) is 25.5. The molecule has 0 amide bonds. The van der Waals surface area contributed by atoms with Gasteiger partial charge in [0.25, 0.3) is 0 Å². The molecule has 2 nitrogen and oxygen atoms in total. The minimum absolute atomic E-state index is 0.0590. The van der Waals surface area contributed by atoms with Gasteiger partial charge < -0.3 is 4.74 Å². The van der Waals surface area contributed by atoms with Gasteiger partial charge in [-0.25, -0.2) is 0 Å². The second-order valence-electron chi connectivity index (χ2n) is 9.14. The van der Waals surface area contributed by atoms with E-state index in [4.69, 9.17) is 27.9 Å². The molecule has 2 aromatic rings. The summed E-state index contributed by atoms with van der Waals surface area (Å²) in [6.45, 7) is 15.5. The van der Waals surface area contributed by atoms with Crippen LogP contribution in [0.15, 0.2) is 67.3 Å². The molecular formula is C27H36Cl2NO+. The van der Waals surface area contributed by atoms with Crippen LogP contribution in [0, 0.1) is 11.3 Å². The van der Waals surface area contributed by atoms with Gasteiger partial charge in [-0.3, -0.25) is 0 Å². The largest absolute Gasteiger partial charge is 0.441 e. The van der Waals surface area contributed by atoms with Crippen LogP contribution in [-0.2, 0) is 4.74 Å². The first-order valence-corrected chi connectivity index (χ1v) is 11.8. The summed E-state index contributed by atoms with van der Waals surface area (Å²) in [5.41, 5.74) is 1.39.